The third-order valence-corrected chi connectivity index (χ3v) is 6.51. The van der Waals surface area contributed by atoms with Crippen LogP contribution in [-0.2, 0) is 0 Å². The summed E-state index contributed by atoms with van der Waals surface area (Å²) < 4.78 is 0. The maximum Gasteiger partial charge on any atom is 0.0719 e. The second-order valence-corrected chi connectivity index (χ2v) is 8.49. The molecular weight excluding hydrogens is 387 g/mol. The zero-order chi connectivity index (χ0) is 19.1. The first-order valence-corrected chi connectivity index (χ1v) is 10.5. The molecule has 1 aliphatic carbocycles. The summed E-state index contributed by atoms with van der Waals surface area (Å²) in [6.07, 6.45) is 8.72. The van der Waals surface area contributed by atoms with Gasteiger partial charge in [0.05, 0.1) is 11.0 Å². The van der Waals surface area contributed by atoms with Crippen molar-refractivity contribution in [3.8, 4) is 0 Å². The third kappa shape index (κ3) is 3.15. The summed E-state index contributed by atoms with van der Waals surface area (Å²) in [6.45, 7) is 0. The van der Waals surface area contributed by atoms with Crippen molar-refractivity contribution in [3.05, 3.63) is 82.1 Å². The number of benzene rings is 2. The Balaban J connectivity index is 1.66. The quantitative estimate of drug-likeness (QED) is 0.343. The van der Waals surface area contributed by atoms with Gasteiger partial charge in [-0.15, -0.1) is 0 Å². The van der Waals surface area contributed by atoms with Crippen molar-refractivity contribution in [1.82, 2.24) is 9.97 Å². The van der Waals surface area contributed by atoms with E-state index in [2.05, 4.69) is 34.2 Å². The van der Waals surface area contributed by atoms with Crippen molar-refractivity contribution in [2.24, 2.45) is 0 Å². The van der Waals surface area contributed by atoms with Crippen LogP contribution in [-0.4, -0.2) is 9.97 Å². The smallest absolute Gasteiger partial charge is 0.0719 e. The Morgan fingerprint density at radius 2 is 1.11 bits per heavy atom. The van der Waals surface area contributed by atoms with Crippen LogP contribution in [0, 0.1) is 0 Å². The number of hydrogen-bond donors (Lipinski definition) is 0. The molecule has 0 radical (unpaired) electrons. The molecule has 5 rings (SSSR count). The Hall–Kier alpha value is -2.16. The van der Waals surface area contributed by atoms with E-state index in [9.17, 15) is 0 Å². The molecule has 0 N–H and O–H groups in total. The van der Waals surface area contributed by atoms with E-state index in [0.29, 0.717) is 11.8 Å². The molecule has 0 amide bonds. The molecule has 2 heterocycles. The van der Waals surface area contributed by atoms with Crippen molar-refractivity contribution in [2.45, 2.75) is 37.5 Å². The molecule has 1 aliphatic rings. The van der Waals surface area contributed by atoms with Gasteiger partial charge in [-0.2, -0.15) is 0 Å². The summed E-state index contributed by atoms with van der Waals surface area (Å²) in [5, 5.41) is 3.89. The fourth-order valence-electron chi connectivity index (χ4n) is 4.81. The van der Waals surface area contributed by atoms with Crippen molar-refractivity contribution in [1.29, 1.82) is 0 Å². The number of aromatic nitrogens is 2. The lowest BCUT2D eigenvalue weighted by Gasteiger charge is -2.33. The fraction of sp³-hybridized carbons (Fsp3) is 0.250. The molecule has 4 heteroatoms. The predicted molar refractivity (Wildman–Crippen MR) is 117 cm³/mol. The van der Waals surface area contributed by atoms with Gasteiger partial charge in [0.25, 0.3) is 0 Å². The maximum absolute atomic E-state index is 6.20. The molecule has 2 nitrogen and oxygen atoms in total. The van der Waals surface area contributed by atoms with Gasteiger partial charge >= 0.3 is 0 Å². The summed E-state index contributed by atoms with van der Waals surface area (Å²) in [4.78, 5) is 9.09. The number of pyridine rings is 2. The van der Waals surface area contributed by atoms with Crippen LogP contribution < -0.4 is 0 Å². The number of fused-ring (bicyclic) bond motifs is 2. The van der Waals surface area contributed by atoms with E-state index >= 15 is 0 Å². The van der Waals surface area contributed by atoms with E-state index in [4.69, 9.17) is 23.2 Å². The topological polar surface area (TPSA) is 25.8 Å². The average molecular weight is 407 g/mol. The average Bonchev–Trinajstić information content (AvgIpc) is 2.72. The molecular formula is C24H20Cl2N2. The van der Waals surface area contributed by atoms with Crippen LogP contribution >= 0.6 is 23.2 Å². The Morgan fingerprint density at radius 3 is 1.57 bits per heavy atom. The predicted octanol–water partition coefficient (Wildman–Crippen LogP) is 7.53. The van der Waals surface area contributed by atoms with E-state index in [1.807, 2.05) is 36.7 Å². The molecule has 28 heavy (non-hydrogen) atoms. The monoisotopic (exact) mass is 406 g/mol. The van der Waals surface area contributed by atoms with Gasteiger partial charge in [0.2, 0.25) is 0 Å². The Bertz CT molecular complexity index is 1080. The Morgan fingerprint density at radius 1 is 0.643 bits per heavy atom. The van der Waals surface area contributed by atoms with Crippen molar-refractivity contribution < 1.29 is 0 Å². The van der Waals surface area contributed by atoms with Gasteiger partial charge in [-0.25, -0.2) is 0 Å². The molecule has 4 aromatic rings. The van der Waals surface area contributed by atoms with Crippen molar-refractivity contribution >= 4 is 45.0 Å². The van der Waals surface area contributed by atoms with Gasteiger partial charge in [0, 0.05) is 33.2 Å². The second kappa shape index (κ2) is 7.35. The SMILES string of the molecule is Clc1ccc2c([C@@H]3CCCC[C@H]3c3ccnc4cc(Cl)ccc34)ccnc2c1. The molecule has 140 valence electrons. The van der Waals surface area contributed by atoms with Crippen molar-refractivity contribution in [2.75, 3.05) is 0 Å². The van der Waals surface area contributed by atoms with Crippen LogP contribution in [0.5, 0.6) is 0 Å². The molecule has 0 saturated heterocycles. The van der Waals surface area contributed by atoms with Gasteiger partial charge in [0.1, 0.15) is 0 Å². The molecule has 2 atom stereocenters. The zero-order valence-corrected chi connectivity index (χ0v) is 16.9. The third-order valence-electron chi connectivity index (χ3n) is 6.04. The largest absolute Gasteiger partial charge is 0.256 e. The first kappa shape index (κ1) is 17.9. The normalized spacial score (nSPS) is 19.9. The van der Waals surface area contributed by atoms with E-state index < -0.39 is 0 Å². The highest BCUT2D eigenvalue weighted by Crippen LogP contribution is 2.47. The molecule has 0 unspecified atom stereocenters. The number of hydrogen-bond acceptors (Lipinski definition) is 2. The minimum atomic E-state index is 0.460. The van der Waals surface area contributed by atoms with Crippen LogP contribution in [0.4, 0.5) is 0 Å². The summed E-state index contributed by atoms with van der Waals surface area (Å²) in [7, 11) is 0. The van der Waals surface area contributed by atoms with Gasteiger partial charge in [-0.05, 0) is 72.2 Å². The molecule has 1 fully saturated rings. The van der Waals surface area contributed by atoms with Crippen molar-refractivity contribution in [3.63, 3.8) is 0 Å². The van der Waals surface area contributed by atoms with Crippen LogP contribution in [0.1, 0.15) is 48.6 Å². The second-order valence-electron chi connectivity index (χ2n) is 7.62. The van der Waals surface area contributed by atoms with E-state index in [0.717, 1.165) is 21.1 Å². The van der Waals surface area contributed by atoms with Gasteiger partial charge in [-0.1, -0.05) is 48.2 Å². The van der Waals surface area contributed by atoms with E-state index in [-0.39, 0.29) is 0 Å². The summed E-state index contributed by atoms with van der Waals surface area (Å²) in [6, 6.07) is 16.5. The summed E-state index contributed by atoms with van der Waals surface area (Å²) in [5.74, 6) is 0.920. The van der Waals surface area contributed by atoms with Crippen LogP contribution in [0.3, 0.4) is 0 Å². The molecule has 0 aliphatic heterocycles. The lowest BCUT2D eigenvalue weighted by molar-refractivity contribution is 0.389. The van der Waals surface area contributed by atoms with Crippen LogP contribution in [0.15, 0.2) is 60.9 Å². The highest BCUT2D eigenvalue weighted by atomic mass is 35.5. The minimum Gasteiger partial charge on any atom is -0.256 e. The first-order valence-electron chi connectivity index (χ1n) is 9.79. The Labute approximate surface area is 174 Å². The van der Waals surface area contributed by atoms with Gasteiger partial charge < -0.3 is 0 Å². The molecule has 1 saturated carbocycles. The zero-order valence-electron chi connectivity index (χ0n) is 15.4. The number of nitrogens with zero attached hydrogens (tertiary/aromatic N) is 2. The van der Waals surface area contributed by atoms with Crippen LogP contribution in [0.25, 0.3) is 21.8 Å². The standard InChI is InChI=1S/C24H20Cl2N2/c25-15-5-7-21-19(9-11-27-23(21)13-15)17-3-1-2-4-18(17)20-10-12-28-24-14-16(26)6-8-22(20)24/h5-14,17-18H,1-4H2/t17-,18-/m1/s1. The van der Waals surface area contributed by atoms with Gasteiger partial charge in [-0.3, -0.25) is 9.97 Å². The van der Waals surface area contributed by atoms with Crippen LogP contribution in [0.2, 0.25) is 10.0 Å². The van der Waals surface area contributed by atoms with E-state index in [1.165, 1.54) is 47.6 Å². The first-order chi connectivity index (χ1) is 13.7. The number of halogens is 2. The molecule has 0 spiro atoms. The van der Waals surface area contributed by atoms with Gasteiger partial charge in [0.15, 0.2) is 0 Å². The highest BCUT2D eigenvalue weighted by molar-refractivity contribution is 6.31. The number of rotatable bonds is 2. The highest BCUT2D eigenvalue weighted by Gasteiger charge is 2.30. The maximum atomic E-state index is 6.20. The Kier molecular flexibility index (Phi) is 4.70. The summed E-state index contributed by atoms with van der Waals surface area (Å²) in [5.41, 5.74) is 4.71. The molecule has 2 aromatic heterocycles. The minimum absolute atomic E-state index is 0.460. The lowest BCUT2D eigenvalue weighted by atomic mass is 9.71. The molecule has 0 bridgehead atoms. The summed E-state index contributed by atoms with van der Waals surface area (Å²) >= 11 is 12.4. The lowest BCUT2D eigenvalue weighted by Crippen LogP contribution is -2.17. The van der Waals surface area contributed by atoms with E-state index in [1.54, 1.807) is 0 Å². The molecule has 2 aromatic carbocycles. The fourth-order valence-corrected chi connectivity index (χ4v) is 5.14.